The Labute approximate surface area is 179 Å². The Bertz CT molecular complexity index is 1200. The van der Waals surface area contributed by atoms with Crippen molar-refractivity contribution in [2.75, 3.05) is 18.8 Å². The smallest absolute Gasteiger partial charge is 0.338 e. The third kappa shape index (κ3) is 4.38. The van der Waals surface area contributed by atoms with Gasteiger partial charge in [-0.1, -0.05) is 37.6 Å². The molecule has 0 spiro atoms. The molecule has 0 bridgehead atoms. The molecule has 8 nitrogen and oxygen atoms in total. The van der Waals surface area contributed by atoms with Gasteiger partial charge >= 0.3 is 5.97 Å². The van der Waals surface area contributed by atoms with Crippen LogP contribution in [0.4, 0.5) is 5.82 Å². The lowest BCUT2D eigenvalue weighted by Crippen LogP contribution is -2.31. The van der Waals surface area contributed by atoms with Crippen molar-refractivity contribution in [3.8, 4) is 0 Å². The molecular weight excluding hydrogens is 428 g/mol. The molecule has 0 aliphatic heterocycles. The first-order valence-electron chi connectivity index (χ1n) is 9.25. The van der Waals surface area contributed by atoms with Crippen LogP contribution >= 0.6 is 11.6 Å². The van der Waals surface area contributed by atoms with E-state index in [9.17, 15) is 13.2 Å². The molecule has 0 amide bonds. The molecule has 0 unspecified atom stereocenters. The first-order chi connectivity index (χ1) is 14.3. The predicted octanol–water partition coefficient (Wildman–Crippen LogP) is 3.25. The second-order valence-electron chi connectivity index (χ2n) is 6.35. The van der Waals surface area contributed by atoms with Crippen molar-refractivity contribution in [2.24, 2.45) is 0 Å². The summed E-state index contributed by atoms with van der Waals surface area (Å²) in [6, 6.07) is 11.2. The number of halogens is 1. The summed E-state index contributed by atoms with van der Waals surface area (Å²) < 4.78 is 32.1. The third-order valence-electron chi connectivity index (χ3n) is 4.50. The lowest BCUT2D eigenvalue weighted by molar-refractivity contribution is 0.0462. The number of aromatic nitrogens is 2. The van der Waals surface area contributed by atoms with Gasteiger partial charge in [-0.05, 0) is 30.3 Å². The van der Waals surface area contributed by atoms with Crippen LogP contribution in [0, 0.1) is 0 Å². The van der Waals surface area contributed by atoms with Crippen LogP contribution in [-0.2, 0) is 21.4 Å². The number of benzene rings is 2. The van der Waals surface area contributed by atoms with Crippen LogP contribution in [0.25, 0.3) is 10.9 Å². The van der Waals surface area contributed by atoms with E-state index in [0.717, 1.165) is 0 Å². The van der Waals surface area contributed by atoms with E-state index in [0.29, 0.717) is 10.9 Å². The van der Waals surface area contributed by atoms with E-state index in [4.69, 9.17) is 22.1 Å². The summed E-state index contributed by atoms with van der Waals surface area (Å²) in [4.78, 5) is 20.8. The number of hydrogen-bond donors (Lipinski definition) is 1. The number of nitrogens with zero attached hydrogens (tertiary/aromatic N) is 3. The molecule has 10 heteroatoms. The summed E-state index contributed by atoms with van der Waals surface area (Å²) in [5, 5.41) is 0.737. The number of rotatable bonds is 7. The van der Waals surface area contributed by atoms with Gasteiger partial charge in [-0.3, -0.25) is 0 Å². The van der Waals surface area contributed by atoms with Crippen LogP contribution in [0.2, 0.25) is 5.02 Å². The highest BCUT2D eigenvalue weighted by Gasteiger charge is 2.26. The molecular formula is C20H21ClN4O4S. The Kier molecular flexibility index (Phi) is 6.55. The van der Waals surface area contributed by atoms with Gasteiger partial charge in [0.05, 0.1) is 16.1 Å². The number of carbonyl (C=O) groups is 1. The maximum atomic E-state index is 12.8. The SMILES string of the molecule is CCN(CC)S(=O)(=O)c1cc(C(=O)OCc2nc(N)c3ccccc3n2)ccc1Cl. The molecule has 2 N–H and O–H groups in total. The average Bonchev–Trinajstić information content (AvgIpc) is 2.73. The molecule has 0 saturated carbocycles. The zero-order valence-corrected chi connectivity index (χ0v) is 18.1. The van der Waals surface area contributed by atoms with Crippen LogP contribution in [0.3, 0.4) is 0 Å². The Balaban J connectivity index is 1.83. The fourth-order valence-electron chi connectivity index (χ4n) is 2.96. The summed E-state index contributed by atoms with van der Waals surface area (Å²) in [6.45, 7) is 3.80. The van der Waals surface area contributed by atoms with E-state index in [1.54, 1.807) is 26.0 Å². The lowest BCUT2D eigenvalue weighted by atomic mass is 10.2. The van der Waals surface area contributed by atoms with Crippen LogP contribution in [-0.4, -0.2) is 41.7 Å². The van der Waals surface area contributed by atoms with Gasteiger partial charge in [0.15, 0.2) is 12.4 Å². The van der Waals surface area contributed by atoms with E-state index >= 15 is 0 Å². The predicted molar refractivity (Wildman–Crippen MR) is 115 cm³/mol. The molecule has 3 rings (SSSR count). The highest BCUT2D eigenvalue weighted by atomic mass is 35.5. The Morgan fingerprint density at radius 1 is 1.13 bits per heavy atom. The Morgan fingerprint density at radius 2 is 1.83 bits per heavy atom. The minimum Gasteiger partial charge on any atom is -0.454 e. The average molecular weight is 449 g/mol. The van der Waals surface area contributed by atoms with Crippen molar-refractivity contribution in [3.05, 3.63) is 58.9 Å². The highest BCUT2D eigenvalue weighted by Crippen LogP contribution is 2.26. The molecule has 1 aromatic heterocycles. The number of fused-ring (bicyclic) bond motifs is 1. The Morgan fingerprint density at radius 3 is 2.53 bits per heavy atom. The largest absolute Gasteiger partial charge is 0.454 e. The molecule has 0 aliphatic carbocycles. The molecule has 0 atom stereocenters. The summed E-state index contributed by atoms with van der Waals surface area (Å²) in [5.74, 6) is -0.201. The zero-order valence-electron chi connectivity index (χ0n) is 16.5. The number of para-hydroxylation sites is 1. The quantitative estimate of drug-likeness (QED) is 0.551. The van der Waals surface area contributed by atoms with Crippen LogP contribution in [0.15, 0.2) is 47.4 Å². The van der Waals surface area contributed by atoms with Crippen molar-refractivity contribution in [1.29, 1.82) is 0 Å². The van der Waals surface area contributed by atoms with Gasteiger partial charge in [-0.2, -0.15) is 4.31 Å². The van der Waals surface area contributed by atoms with Crippen molar-refractivity contribution < 1.29 is 17.9 Å². The molecule has 0 fully saturated rings. The van der Waals surface area contributed by atoms with E-state index in [1.165, 1.54) is 22.5 Å². The molecule has 0 aliphatic rings. The molecule has 0 radical (unpaired) electrons. The molecule has 158 valence electrons. The lowest BCUT2D eigenvalue weighted by Gasteiger charge is -2.19. The molecule has 2 aromatic carbocycles. The minimum absolute atomic E-state index is 0.0316. The summed E-state index contributed by atoms with van der Waals surface area (Å²) in [5.41, 5.74) is 6.62. The number of anilines is 1. The monoisotopic (exact) mass is 448 g/mol. The summed E-state index contributed by atoms with van der Waals surface area (Å²) >= 11 is 6.10. The molecule has 30 heavy (non-hydrogen) atoms. The number of ether oxygens (including phenoxy) is 1. The van der Waals surface area contributed by atoms with Gasteiger partial charge in [0.25, 0.3) is 0 Å². The second-order valence-corrected chi connectivity index (χ2v) is 8.67. The van der Waals surface area contributed by atoms with E-state index < -0.39 is 16.0 Å². The fraction of sp³-hybridized carbons (Fsp3) is 0.250. The van der Waals surface area contributed by atoms with Crippen molar-refractivity contribution in [2.45, 2.75) is 25.3 Å². The fourth-order valence-corrected chi connectivity index (χ4v) is 4.92. The van der Waals surface area contributed by atoms with Gasteiger partial charge in [-0.15, -0.1) is 0 Å². The third-order valence-corrected chi connectivity index (χ3v) is 7.03. The standard InChI is InChI=1S/C20H21ClN4O4S/c1-3-25(4-2)30(27,28)17-11-13(9-10-15(17)21)20(26)29-12-18-23-16-8-6-5-7-14(16)19(22)24-18/h5-11H,3-4,12H2,1-2H3,(H2,22,23,24). The van der Waals surface area contributed by atoms with Crippen molar-refractivity contribution in [3.63, 3.8) is 0 Å². The van der Waals surface area contributed by atoms with E-state index in [1.807, 2.05) is 12.1 Å². The zero-order chi connectivity index (χ0) is 21.9. The molecule has 0 saturated heterocycles. The van der Waals surface area contributed by atoms with Crippen LogP contribution in [0.1, 0.15) is 30.0 Å². The van der Waals surface area contributed by atoms with Crippen LogP contribution < -0.4 is 5.73 Å². The second kappa shape index (κ2) is 8.95. The summed E-state index contributed by atoms with van der Waals surface area (Å²) in [7, 11) is -3.83. The molecule has 1 heterocycles. The Hall–Kier alpha value is -2.75. The van der Waals surface area contributed by atoms with Gasteiger partial charge < -0.3 is 10.5 Å². The first kappa shape index (κ1) is 21.9. The van der Waals surface area contributed by atoms with Crippen LogP contribution in [0.5, 0.6) is 0 Å². The number of carbonyl (C=O) groups excluding carboxylic acids is 1. The highest BCUT2D eigenvalue weighted by molar-refractivity contribution is 7.89. The number of sulfonamides is 1. The number of hydrogen-bond acceptors (Lipinski definition) is 7. The normalized spacial score (nSPS) is 11.7. The van der Waals surface area contributed by atoms with Crippen molar-refractivity contribution in [1.82, 2.24) is 14.3 Å². The van der Waals surface area contributed by atoms with Gasteiger partial charge in [-0.25, -0.2) is 23.2 Å². The maximum Gasteiger partial charge on any atom is 0.338 e. The van der Waals surface area contributed by atoms with E-state index in [-0.39, 0.29) is 46.8 Å². The number of nitrogen functional groups attached to an aromatic ring is 1. The maximum absolute atomic E-state index is 12.8. The minimum atomic E-state index is -3.83. The summed E-state index contributed by atoms with van der Waals surface area (Å²) in [6.07, 6.45) is 0. The molecule has 3 aromatic rings. The number of esters is 1. The van der Waals surface area contributed by atoms with E-state index in [2.05, 4.69) is 9.97 Å². The van der Waals surface area contributed by atoms with Crippen molar-refractivity contribution >= 4 is 44.3 Å². The first-order valence-corrected chi connectivity index (χ1v) is 11.1. The number of nitrogens with two attached hydrogens (primary N) is 1. The van der Waals surface area contributed by atoms with Gasteiger partial charge in [0.2, 0.25) is 10.0 Å². The van der Waals surface area contributed by atoms with Gasteiger partial charge in [0.1, 0.15) is 10.7 Å². The van der Waals surface area contributed by atoms with Gasteiger partial charge in [0, 0.05) is 18.5 Å². The topological polar surface area (TPSA) is 115 Å².